The third kappa shape index (κ3) is 4.46. The van der Waals surface area contributed by atoms with Crippen LogP contribution in [0.3, 0.4) is 0 Å². The van der Waals surface area contributed by atoms with Crippen molar-refractivity contribution in [2.45, 2.75) is 19.7 Å². The van der Waals surface area contributed by atoms with E-state index in [1.165, 1.54) is 6.07 Å². The van der Waals surface area contributed by atoms with Crippen molar-refractivity contribution in [1.82, 2.24) is 5.43 Å². The van der Waals surface area contributed by atoms with Crippen LogP contribution in [0.25, 0.3) is 5.70 Å². The highest BCUT2D eigenvalue weighted by molar-refractivity contribution is 5.69. The van der Waals surface area contributed by atoms with Gasteiger partial charge in [-0.15, -0.1) is 0 Å². The van der Waals surface area contributed by atoms with Gasteiger partial charge in [-0.1, -0.05) is 18.2 Å². The van der Waals surface area contributed by atoms with Crippen molar-refractivity contribution < 1.29 is 17.9 Å². The first-order valence-electron chi connectivity index (χ1n) is 7.52. The maximum absolute atomic E-state index is 12.8. The lowest BCUT2D eigenvalue weighted by atomic mass is 10.1. The molecule has 0 aromatic heterocycles. The summed E-state index contributed by atoms with van der Waals surface area (Å²) in [6.07, 6.45) is -4.41. The summed E-state index contributed by atoms with van der Waals surface area (Å²) in [5.41, 5.74) is 9.08. The standard InChI is InChI=1S/C18H17F3N4O/c1-11-5-6-14(18(19,20)21)7-13(11)10-26-15-4-2-3-12(8-15)17(23)16(9-22)25-24/h2-8,25H,10,23-24H2,1H3/b17-16-. The molecule has 0 aliphatic rings. The fourth-order valence-electron chi connectivity index (χ4n) is 2.23. The van der Waals surface area contributed by atoms with E-state index in [9.17, 15) is 13.2 Å². The summed E-state index contributed by atoms with van der Waals surface area (Å²) in [5, 5.41) is 8.95. The van der Waals surface area contributed by atoms with Crippen LogP contribution in [0.1, 0.15) is 22.3 Å². The zero-order valence-electron chi connectivity index (χ0n) is 13.9. The molecule has 0 fully saturated rings. The van der Waals surface area contributed by atoms with Crippen molar-refractivity contribution in [2.24, 2.45) is 11.6 Å². The average Bonchev–Trinajstić information content (AvgIpc) is 2.61. The number of nitrogens with one attached hydrogen (secondary N) is 1. The van der Waals surface area contributed by atoms with Gasteiger partial charge in [0.05, 0.1) is 11.3 Å². The van der Waals surface area contributed by atoms with Crippen molar-refractivity contribution in [2.75, 3.05) is 0 Å². The van der Waals surface area contributed by atoms with Gasteiger partial charge in [0.1, 0.15) is 18.4 Å². The summed E-state index contributed by atoms with van der Waals surface area (Å²) < 4.78 is 44.1. The van der Waals surface area contributed by atoms with Gasteiger partial charge in [-0.2, -0.15) is 18.4 Å². The quantitative estimate of drug-likeness (QED) is 0.431. The van der Waals surface area contributed by atoms with Gasteiger partial charge in [-0.25, -0.2) is 5.84 Å². The lowest BCUT2D eigenvalue weighted by Crippen LogP contribution is -2.23. The molecule has 2 rings (SSSR count). The van der Waals surface area contributed by atoms with Gasteiger partial charge >= 0.3 is 6.18 Å². The van der Waals surface area contributed by atoms with E-state index in [1.54, 1.807) is 31.2 Å². The summed E-state index contributed by atoms with van der Waals surface area (Å²) >= 11 is 0. The second-order valence-electron chi connectivity index (χ2n) is 5.50. The van der Waals surface area contributed by atoms with E-state index >= 15 is 0 Å². The van der Waals surface area contributed by atoms with Crippen LogP contribution < -0.4 is 21.7 Å². The molecule has 0 spiro atoms. The Morgan fingerprint density at radius 2 is 1.96 bits per heavy atom. The molecule has 26 heavy (non-hydrogen) atoms. The molecule has 0 heterocycles. The SMILES string of the molecule is Cc1ccc(C(F)(F)F)cc1COc1cccc(/C(N)=C(\C#N)NN)c1. The highest BCUT2D eigenvalue weighted by atomic mass is 19.4. The van der Waals surface area contributed by atoms with Gasteiger partial charge in [0, 0.05) is 5.56 Å². The topological polar surface area (TPSA) is 97.1 Å². The minimum atomic E-state index is -4.41. The maximum atomic E-state index is 12.8. The molecule has 2 aromatic rings. The smallest absolute Gasteiger partial charge is 0.416 e. The number of aryl methyl sites for hydroxylation is 1. The number of alkyl halides is 3. The van der Waals surface area contributed by atoms with E-state index in [4.69, 9.17) is 21.6 Å². The summed E-state index contributed by atoms with van der Waals surface area (Å²) in [6.45, 7) is 1.67. The number of nitrogens with zero attached hydrogens (tertiary/aromatic N) is 1. The Morgan fingerprint density at radius 3 is 2.58 bits per heavy atom. The Labute approximate surface area is 148 Å². The van der Waals surface area contributed by atoms with Crippen LogP contribution >= 0.6 is 0 Å². The molecule has 0 aliphatic carbocycles. The van der Waals surface area contributed by atoms with Crippen LogP contribution in [0, 0.1) is 18.3 Å². The second-order valence-corrected chi connectivity index (χ2v) is 5.50. The van der Waals surface area contributed by atoms with Crippen LogP contribution in [0.4, 0.5) is 13.2 Å². The highest BCUT2D eigenvalue weighted by Crippen LogP contribution is 2.31. The van der Waals surface area contributed by atoms with Gasteiger partial charge in [-0.3, -0.25) is 0 Å². The molecule has 0 amide bonds. The molecule has 0 atom stereocenters. The van der Waals surface area contributed by atoms with Crippen molar-refractivity contribution in [1.29, 1.82) is 5.26 Å². The van der Waals surface area contributed by atoms with Crippen molar-refractivity contribution >= 4 is 5.70 Å². The van der Waals surface area contributed by atoms with Crippen LogP contribution in [0.2, 0.25) is 0 Å². The zero-order valence-corrected chi connectivity index (χ0v) is 13.9. The fraction of sp³-hybridized carbons (Fsp3) is 0.167. The third-order valence-electron chi connectivity index (χ3n) is 3.74. The van der Waals surface area contributed by atoms with Crippen molar-refractivity contribution in [3.63, 3.8) is 0 Å². The number of ether oxygens (including phenoxy) is 1. The third-order valence-corrected chi connectivity index (χ3v) is 3.74. The number of hydrazine groups is 1. The molecular formula is C18H17F3N4O. The molecule has 0 radical (unpaired) electrons. The number of hydrogen-bond donors (Lipinski definition) is 3. The zero-order chi connectivity index (χ0) is 19.3. The molecule has 0 aliphatic heterocycles. The lowest BCUT2D eigenvalue weighted by molar-refractivity contribution is -0.137. The molecule has 8 heteroatoms. The molecule has 5 N–H and O–H groups in total. The Balaban J connectivity index is 2.23. The molecule has 2 aromatic carbocycles. The fourth-order valence-corrected chi connectivity index (χ4v) is 2.23. The van der Waals surface area contributed by atoms with Gasteiger partial charge < -0.3 is 15.9 Å². The molecule has 136 valence electrons. The van der Waals surface area contributed by atoms with Crippen LogP contribution in [0.5, 0.6) is 5.75 Å². The number of hydrogen-bond acceptors (Lipinski definition) is 5. The number of halogens is 3. The Kier molecular flexibility index (Phi) is 5.75. The first-order valence-corrected chi connectivity index (χ1v) is 7.52. The molecule has 0 saturated carbocycles. The largest absolute Gasteiger partial charge is 0.489 e. The maximum Gasteiger partial charge on any atom is 0.416 e. The molecule has 0 unspecified atom stereocenters. The average molecular weight is 362 g/mol. The van der Waals surface area contributed by atoms with Crippen molar-refractivity contribution in [3.05, 3.63) is 70.4 Å². The van der Waals surface area contributed by atoms with E-state index in [-0.39, 0.29) is 18.0 Å². The van der Waals surface area contributed by atoms with E-state index < -0.39 is 11.7 Å². The minimum absolute atomic E-state index is 0.00382. The van der Waals surface area contributed by atoms with Crippen LogP contribution in [-0.4, -0.2) is 0 Å². The van der Waals surface area contributed by atoms with Crippen molar-refractivity contribution in [3.8, 4) is 11.8 Å². The van der Waals surface area contributed by atoms with Gasteiger partial charge in [0.25, 0.3) is 0 Å². The predicted molar refractivity (Wildman–Crippen MR) is 91.0 cm³/mol. The molecule has 0 saturated heterocycles. The predicted octanol–water partition coefficient (Wildman–Crippen LogP) is 3.21. The minimum Gasteiger partial charge on any atom is -0.489 e. The summed E-state index contributed by atoms with van der Waals surface area (Å²) in [5.74, 6) is 5.63. The number of nitriles is 1. The molecule has 0 bridgehead atoms. The normalized spacial score (nSPS) is 12.2. The summed E-state index contributed by atoms with van der Waals surface area (Å²) in [7, 11) is 0. The van der Waals surface area contributed by atoms with E-state index in [0.717, 1.165) is 12.1 Å². The van der Waals surface area contributed by atoms with E-state index in [2.05, 4.69) is 5.43 Å². The molecule has 5 nitrogen and oxygen atoms in total. The number of benzene rings is 2. The van der Waals surface area contributed by atoms with Crippen LogP contribution in [-0.2, 0) is 12.8 Å². The van der Waals surface area contributed by atoms with Gasteiger partial charge in [0.2, 0.25) is 0 Å². The van der Waals surface area contributed by atoms with E-state index in [1.807, 2.05) is 6.07 Å². The first-order chi connectivity index (χ1) is 12.3. The second kappa shape index (κ2) is 7.80. The number of rotatable bonds is 5. The van der Waals surface area contributed by atoms with E-state index in [0.29, 0.717) is 22.4 Å². The number of allylic oxidation sites excluding steroid dienone is 1. The first kappa shape index (κ1) is 19.1. The monoisotopic (exact) mass is 362 g/mol. The highest BCUT2D eigenvalue weighted by Gasteiger charge is 2.30. The van der Waals surface area contributed by atoms with Crippen LogP contribution in [0.15, 0.2) is 48.2 Å². The van der Waals surface area contributed by atoms with Gasteiger partial charge in [0.15, 0.2) is 5.70 Å². The van der Waals surface area contributed by atoms with Gasteiger partial charge in [-0.05, 0) is 42.3 Å². The summed E-state index contributed by atoms with van der Waals surface area (Å²) in [4.78, 5) is 0. The Morgan fingerprint density at radius 1 is 1.23 bits per heavy atom. The lowest BCUT2D eigenvalue weighted by Gasteiger charge is -2.13. The summed E-state index contributed by atoms with van der Waals surface area (Å²) in [6, 6.07) is 11.9. The molecular weight excluding hydrogens is 345 g/mol. The number of nitrogens with two attached hydrogens (primary N) is 2. The Hall–Kier alpha value is -3.18. The Bertz CT molecular complexity index is 869.